The fraction of sp³-hybridized carbons (Fsp3) is 0.750. The van der Waals surface area contributed by atoms with Gasteiger partial charge in [-0.25, -0.2) is 9.59 Å². The third kappa shape index (κ3) is 50.1. The predicted molar refractivity (Wildman–Crippen MR) is 119 cm³/mol. The van der Waals surface area contributed by atoms with Crippen LogP contribution in [0.1, 0.15) is 85.0 Å². The van der Waals surface area contributed by atoms with Gasteiger partial charge in [-0.15, -0.1) is 0 Å². The van der Waals surface area contributed by atoms with Crippen LogP contribution < -0.4 is 0 Å². The molecule has 164 valence electrons. The Morgan fingerprint density at radius 2 is 1.07 bits per heavy atom. The summed E-state index contributed by atoms with van der Waals surface area (Å²) in [6, 6.07) is 0. The van der Waals surface area contributed by atoms with Crippen molar-refractivity contribution < 1.29 is 29.7 Å². The van der Waals surface area contributed by atoms with Crippen LogP contribution in [0.15, 0.2) is 12.2 Å². The fourth-order valence-electron chi connectivity index (χ4n) is 1.75. The van der Waals surface area contributed by atoms with Gasteiger partial charge in [-0.05, 0) is 6.42 Å². The standard InChI is InChI=1S/C8H16O2.C4H4O4.2C4H9.2Sn.2H/c1-2-3-4-5-6-7-8(9)10;5-3(6)1-2-4(7)8;2*1-3-4-2;;;;/h2-7H2,1H3,(H,9,10);1-2H,(H,5,6)(H,7,8);2*1,3-4H2,2H3;;;;/b;2-1-;;;;;;. The zero-order valence-electron chi connectivity index (χ0n) is 17.9. The molecule has 0 spiro atoms. The van der Waals surface area contributed by atoms with Crippen molar-refractivity contribution in [3.8, 4) is 0 Å². The topological polar surface area (TPSA) is 112 Å². The number of hydrogen-bond donors (Lipinski definition) is 3. The molecule has 0 saturated heterocycles. The van der Waals surface area contributed by atoms with E-state index in [9.17, 15) is 14.4 Å². The Balaban J connectivity index is -0.000000153. The molecule has 0 aromatic heterocycles. The molecule has 4 radical (unpaired) electrons. The normalized spacial score (nSPS) is 9.39. The fourth-order valence-corrected chi connectivity index (χ4v) is 5.91. The maximum absolute atomic E-state index is 10.0. The first-order valence-electron chi connectivity index (χ1n) is 9.88. The first-order valence-corrected chi connectivity index (χ1v) is 13.9. The molecule has 0 aromatic carbocycles. The summed E-state index contributed by atoms with van der Waals surface area (Å²) in [6.45, 7) is 6.73. The van der Waals surface area contributed by atoms with Crippen molar-refractivity contribution in [1.29, 1.82) is 0 Å². The molecular weight excluding hydrogens is 574 g/mol. The van der Waals surface area contributed by atoms with Crippen molar-refractivity contribution in [3.05, 3.63) is 12.2 Å². The number of hydrogen-bond acceptors (Lipinski definition) is 3. The number of carbonyl (C=O) groups is 3. The van der Waals surface area contributed by atoms with Gasteiger partial charge in [0.25, 0.3) is 0 Å². The zero-order chi connectivity index (χ0) is 21.3. The van der Waals surface area contributed by atoms with Gasteiger partial charge >= 0.3 is 111 Å². The van der Waals surface area contributed by atoms with Crippen LogP contribution in [0.2, 0.25) is 8.87 Å². The molecule has 0 fully saturated rings. The van der Waals surface area contributed by atoms with Crippen LogP contribution >= 0.6 is 0 Å². The van der Waals surface area contributed by atoms with E-state index >= 15 is 0 Å². The SMILES string of the molecule is CCCCCCCC(=O)O.CCC[CH2][Sn][CH2]CCC.O=C(O)/C=C\C(=O)O.[SnH2]. The summed E-state index contributed by atoms with van der Waals surface area (Å²) in [5.41, 5.74) is 0. The van der Waals surface area contributed by atoms with E-state index in [2.05, 4.69) is 20.8 Å². The van der Waals surface area contributed by atoms with Gasteiger partial charge < -0.3 is 15.3 Å². The van der Waals surface area contributed by atoms with Crippen LogP contribution in [0.25, 0.3) is 0 Å². The summed E-state index contributed by atoms with van der Waals surface area (Å²) in [5.74, 6) is -3.18. The van der Waals surface area contributed by atoms with Gasteiger partial charge in [0.05, 0.1) is 0 Å². The molecule has 0 aliphatic heterocycles. The summed E-state index contributed by atoms with van der Waals surface area (Å²) in [5, 5.41) is 23.9. The van der Waals surface area contributed by atoms with E-state index in [0.717, 1.165) is 12.8 Å². The summed E-state index contributed by atoms with van der Waals surface area (Å²) >= 11 is 0.149. The number of carboxylic acids is 3. The van der Waals surface area contributed by atoms with Crippen molar-refractivity contribution in [2.75, 3.05) is 0 Å². The van der Waals surface area contributed by atoms with E-state index in [4.69, 9.17) is 15.3 Å². The van der Waals surface area contributed by atoms with Gasteiger partial charge in [0.1, 0.15) is 0 Å². The van der Waals surface area contributed by atoms with Crippen molar-refractivity contribution in [2.45, 2.75) is 93.9 Å². The third-order valence-corrected chi connectivity index (χ3v) is 7.31. The van der Waals surface area contributed by atoms with E-state index < -0.39 is 17.9 Å². The van der Waals surface area contributed by atoms with Crippen molar-refractivity contribution >= 4 is 63.0 Å². The molecule has 6 nitrogen and oxygen atoms in total. The average Bonchev–Trinajstić information content (AvgIpc) is 2.61. The average molecular weight is 614 g/mol. The summed E-state index contributed by atoms with van der Waals surface area (Å²) in [4.78, 5) is 29.1. The second kappa shape index (κ2) is 31.4. The van der Waals surface area contributed by atoms with Crippen molar-refractivity contribution in [1.82, 2.24) is 0 Å². The molecule has 0 rings (SSSR count). The molecule has 3 N–H and O–H groups in total. The van der Waals surface area contributed by atoms with Crippen LogP contribution in [-0.4, -0.2) is 78.3 Å². The van der Waals surface area contributed by atoms with Crippen LogP contribution in [-0.2, 0) is 14.4 Å². The molecule has 28 heavy (non-hydrogen) atoms. The Morgan fingerprint density at radius 3 is 1.39 bits per heavy atom. The number of aliphatic carboxylic acids is 3. The van der Waals surface area contributed by atoms with E-state index in [1.54, 1.807) is 8.87 Å². The van der Waals surface area contributed by atoms with Gasteiger partial charge in [0.15, 0.2) is 0 Å². The monoisotopic (exact) mass is 616 g/mol. The van der Waals surface area contributed by atoms with Crippen LogP contribution in [0.3, 0.4) is 0 Å². The molecule has 0 heterocycles. The number of rotatable bonds is 14. The molecule has 0 atom stereocenters. The first kappa shape index (κ1) is 35.2. The molecule has 0 aliphatic rings. The Hall–Kier alpha value is -0.253. The van der Waals surface area contributed by atoms with E-state index in [-0.39, 0.29) is 45.0 Å². The molecule has 0 aromatic rings. The molecule has 0 saturated carbocycles. The Bertz CT molecular complexity index is 365. The molecule has 0 bridgehead atoms. The van der Waals surface area contributed by atoms with Gasteiger partial charge in [-0.1, -0.05) is 32.6 Å². The van der Waals surface area contributed by atoms with Gasteiger partial charge in [-0.3, -0.25) is 4.79 Å². The van der Waals surface area contributed by atoms with Crippen LogP contribution in [0, 0.1) is 0 Å². The summed E-state index contributed by atoms with van der Waals surface area (Å²) in [6.07, 6.45) is 12.8. The minimum absolute atomic E-state index is 0. The maximum atomic E-state index is 10.0. The van der Waals surface area contributed by atoms with E-state index in [1.165, 1.54) is 44.9 Å². The molecule has 8 heteroatoms. The number of carboxylic acid groups (broad SMARTS) is 3. The van der Waals surface area contributed by atoms with Gasteiger partial charge in [0.2, 0.25) is 0 Å². The zero-order valence-corrected chi connectivity index (χ0v) is 24.8. The minimum atomic E-state index is -1.26. The first-order chi connectivity index (χ1) is 12.8. The molecule has 0 unspecified atom stereocenters. The van der Waals surface area contributed by atoms with Gasteiger partial charge in [-0.2, -0.15) is 0 Å². The molecule has 0 aliphatic carbocycles. The Labute approximate surface area is 197 Å². The molecular formula is C20H40O6Sn2. The van der Waals surface area contributed by atoms with Crippen molar-refractivity contribution in [2.24, 2.45) is 0 Å². The predicted octanol–water partition coefficient (Wildman–Crippen LogP) is 4.35. The molecule has 0 amide bonds. The van der Waals surface area contributed by atoms with Crippen LogP contribution in [0.5, 0.6) is 0 Å². The summed E-state index contributed by atoms with van der Waals surface area (Å²) in [7, 11) is 0. The van der Waals surface area contributed by atoms with Crippen molar-refractivity contribution in [3.63, 3.8) is 0 Å². The third-order valence-electron chi connectivity index (χ3n) is 3.28. The second-order valence-corrected chi connectivity index (χ2v) is 10.3. The quantitative estimate of drug-likeness (QED) is 0.153. The Kier molecular flexibility index (Phi) is 39.5. The van der Waals surface area contributed by atoms with Gasteiger partial charge in [0, 0.05) is 18.6 Å². The van der Waals surface area contributed by atoms with Crippen LogP contribution in [0.4, 0.5) is 0 Å². The Morgan fingerprint density at radius 1 is 0.679 bits per heavy atom. The summed E-state index contributed by atoms with van der Waals surface area (Å²) < 4.78 is 3.25. The number of unbranched alkanes of at least 4 members (excludes halogenated alkanes) is 6. The van der Waals surface area contributed by atoms with E-state index in [1.807, 2.05) is 0 Å². The second-order valence-electron chi connectivity index (χ2n) is 6.02. The van der Waals surface area contributed by atoms with E-state index in [0.29, 0.717) is 18.6 Å².